The van der Waals surface area contributed by atoms with Gasteiger partial charge in [-0.15, -0.1) is 0 Å². The van der Waals surface area contributed by atoms with Crippen LogP contribution in [-0.4, -0.2) is 4.98 Å². The number of rotatable bonds is 1. The third kappa shape index (κ3) is 0.926. The highest BCUT2D eigenvalue weighted by Crippen LogP contribution is 2.40. The SMILES string of the molecule is CCC1Cc2ncc3ccccc3c21. The van der Waals surface area contributed by atoms with E-state index in [1.54, 1.807) is 0 Å². The molecule has 1 heterocycles. The second-order valence-corrected chi connectivity index (χ2v) is 4.02. The van der Waals surface area contributed by atoms with E-state index in [-0.39, 0.29) is 0 Å². The van der Waals surface area contributed by atoms with Crippen LogP contribution in [-0.2, 0) is 6.42 Å². The molecule has 0 saturated carbocycles. The van der Waals surface area contributed by atoms with Gasteiger partial charge in [0.05, 0.1) is 0 Å². The molecule has 1 atom stereocenters. The van der Waals surface area contributed by atoms with E-state index in [0.717, 1.165) is 5.92 Å². The van der Waals surface area contributed by atoms with Gasteiger partial charge in [0.1, 0.15) is 0 Å². The maximum Gasteiger partial charge on any atom is 0.0451 e. The predicted octanol–water partition coefficient (Wildman–Crippen LogP) is 3.28. The summed E-state index contributed by atoms with van der Waals surface area (Å²) in [6.45, 7) is 2.26. The topological polar surface area (TPSA) is 12.9 Å². The van der Waals surface area contributed by atoms with Crippen molar-refractivity contribution in [3.05, 3.63) is 41.7 Å². The molecule has 0 spiro atoms. The quantitative estimate of drug-likeness (QED) is 0.661. The molecule has 2 aromatic rings. The molecule has 14 heavy (non-hydrogen) atoms. The molecule has 1 aliphatic rings. The Balaban J connectivity index is 2.31. The van der Waals surface area contributed by atoms with E-state index in [0.29, 0.717) is 0 Å². The Morgan fingerprint density at radius 2 is 2.21 bits per heavy atom. The molecule has 1 aromatic heterocycles. The summed E-state index contributed by atoms with van der Waals surface area (Å²) in [6.07, 6.45) is 4.42. The van der Waals surface area contributed by atoms with Crippen molar-refractivity contribution in [3.8, 4) is 0 Å². The van der Waals surface area contributed by atoms with Gasteiger partial charge in [0, 0.05) is 17.3 Å². The molecule has 0 saturated heterocycles. The van der Waals surface area contributed by atoms with Crippen LogP contribution in [0.4, 0.5) is 0 Å². The van der Waals surface area contributed by atoms with Gasteiger partial charge >= 0.3 is 0 Å². The first-order valence-electron chi connectivity index (χ1n) is 5.26. The summed E-state index contributed by atoms with van der Waals surface area (Å²) in [5.41, 5.74) is 2.82. The summed E-state index contributed by atoms with van der Waals surface area (Å²) in [6, 6.07) is 8.56. The molecular formula is C13H13N. The minimum Gasteiger partial charge on any atom is -0.260 e. The van der Waals surface area contributed by atoms with Crippen molar-refractivity contribution in [1.29, 1.82) is 0 Å². The number of fused-ring (bicyclic) bond motifs is 3. The van der Waals surface area contributed by atoms with E-state index in [4.69, 9.17) is 0 Å². The average molecular weight is 183 g/mol. The van der Waals surface area contributed by atoms with E-state index in [1.807, 2.05) is 6.20 Å². The first-order chi connectivity index (χ1) is 6.90. The van der Waals surface area contributed by atoms with Crippen molar-refractivity contribution in [2.45, 2.75) is 25.7 Å². The van der Waals surface area contributed by atoms with Gasteiger partial charge in [0.25, 0.3) is 0 Å². The summed E-state index contributed by atoms with van der Waals surface area (Å²) < 4.78 is 0. The molecule has 0 N–H and O–H groups in total. The lowest BCUT2D eigenvalue weighted by Gasteiger charge is -2.29. The van der Waals surface area contributed by atoms with Crippen molar-refractivity contribution in [2.75, 3.05) is 0 Å². The average Bonchev–Trinajstić information content (AvgIpc) is 2.18. The molecule has 1 nitrogen and oxygen atoms in total. The lowest BCUT2D eigenvalue weighted by Crippen LogP contribution is -2.18. The van der Waals surface area contributed by atoms with Crippen LogP contribution in [0.5, 0.6) is 0 Å². The second kappa shape index (κ2) is 2.81. The fourth-order valence-electron chi connectivity index (χ4n) is 2.40. The summed E-state index contributed by atoms with van der Waals surface area (Å²) in [7, 11) is 0. The zero-order valence-corrected chi connectivity index (χ0v) is 8.33. The highest BCUT2D eigenvalue weighted by atomic mass is 14.7. The van der Waals surface area contributed by atoms with Gasteiger partial charge in [-0.3, -0.25) is 4.98 Å². The Labute approximate surface area is 83.8 Å². The maximum atomic E-state index is 4.49. The van der Waals surface area contributed by atoms with E-state index in [2.05, 4.69) is 36.2 Å². The van der Waals surface area contributed by atoms with Crippen LogP contribution in [0.2, 0.25) is 0 Å². The van der Waals surface area contributed by atoms with Crippen LogP contribution in [0.1, 0.15) is 30.5 Å². The third-order valence-electron chi connectivity index (χ3n) is 3.26. The molecule has 1 heteroatoms. The second-order valence-electron chi connectivity index (χ2n) is 4.02. The lowest BCUT2D eigenvalue weighted by atomic mass is 9.77. The molecule has 0 fully saturated rings. The van der Waals surface area contributed by atoms with Crippen molar-refractivity contribution in [2.24, 2.45) is 0 Å². The largest absolute Gasteiger partial charge is 0.260 e. The first-order valence-corrected chi connectivity index (χ1v) is 5.26. The molecule has 0 amide bonds. The lowest BCUT2D eigenvalue weighted by molar-refractivity contribution is 0.577. The van der Waals surface area contributed by atoms with Crippen LogP contribution in [0, 0.1) is 0 Å². The Bertz CT molecular complexity index is 488. The fourth-order valence-corrected chi connectivity index (χ4v) is 2.40. The van der Waals surface area contributed by atoms with Gasteiger partial charge in [-0.25, -0.2) is 0 Å². The summed E-state index contributed by atoms with van der Waals surface area (Å²) in [5.74, 6) is 0.753. The molecular weight excluding hydrogens is 170 g/mol. The monoisotopic (exact) mass is 183 g/mol. The Kier molecular flexibility index (Phi) is 1.60. The number of nitrogens with zero attached hydrogens (tertiary/aromatic N) is 1. The summed E-state index contributed by atoms with van der Waals surface area (Å²) in [5, 5.41) is 2.69. The highest BCUT2D eigenvalue weighted by Gasteiger charge is 2.27. The van der Waals surface area contributed by atoms with Crippen LogP contribution in [0.3, 0.4) is 0 Å². The predicted molar refractivity (Wildman–Crippen MR) is 58.5 cm³/mol. The Morgan fingerprint density at radius 1 is 1.36 bits per heavy atom. The Hall–Kier alpha value is -1.37. The minimum absolute atomic E-state index is 0.753. The highest BCUT2D eigenvalue weighted by molar-refractivity contribution is 5.87. The van der Waals surface area contributed by atoms with Gasteiger partial charge in [-0.05, 0) is 29.7 Å². The van der Waals surface area contributed by atoms with Crippen LogP contribution in [0.15, 0.2) is 30.5 Å². The van der Waals surface area contributed by atoms with E-state index in [9.17, 15) is 0 Å². The zero-order chi connectivity index (χ0) is 9.54. The van der Waals surface area contributed by atoms with Crippen molar-refractivity contribution >= 4 is 10.8 Å². The first kappa shape index (κ1) is 7.98. The maximum absolute atomic E-state index is 4.49. The minimum atomic E-state index is 0.753. The Morgan fingerprint density at radius 3 is 3.07 bits per heavy atom. The molecule has 70 valence electrons. The van der Waals surface area contributed by atoms with Gasteiger partial charge in [-0.2, -0.15) is 0 Å². The third-order valence-corrected chi connectivity index (χ3v) is 3.26. The molecule has 0 radical (unpaired) electrons. The van der Waals surface area contributed by atoms with Gasteiger partial charge in [0.2, 0.25) is 0 Å². The number of pyridine rings is 1. The normalized spacial score (nSPS) is 19.1. The van der Waals surface area contributed by atoms with Crippen LogP contribution < -0.4 is 0 Å². The van der Waals surface area contributed by atoms with Crippen molar-refractivity contribution in [3.63, 3.8) is 0 Å². The zero-order valence-electron chi connectivity index (χ0n) is 8.33. The number of aromatic nitrogens is 1. The van der Waals surface area contributed by atoms with E-state index >= 15 is 0 Å². The molecule has 1 aliphatic carbocycles. The molecule has 3 rings (SSSR count). The van der Waals surface area contributed by atoms with Crippen LogP contribution >= 0.6 is 0 Å². The van der Waals surface area contributed by atoms with Crippen LogP contribution in [0.25, 0.3) is 10.8 Å². The number of hydrogen-bond acceptors (Lipinski definition) is 1. The van der Waals surface area contributed by atoms with Crippen molar-refractivity contribution in [1.82, 2.24) is 4.98 Å². The molecule has 1 aromatic carbocycles. The van der Waals surface area contributed by atoms with Gasteiger partial charge < -0.3 is 0 Å². The standard InChI is InChI=1S/C13H13N/c1-2-9-7-12-13(9)11-6-4-3-5-10(11)8-14-12/h3-6,8-9H,2,7H2,1H3. The van der Waals surface area contributed by atoms with E-state index < -0.39 is 0 Å². The summed E-state index contributed by atoms with van der Waals surface area (Å²) >= 11 is 0. The number of hydrogen-bond donors (Lipinski definition) is 0. The van der Waals surface area contributed by atoms with E-state index in [1.165, 1.54) is 34.9 Å². The smallest absolute Gasteiger partial charge is 0.0451 e. The number of benzene rings is 1. The summed E-state index contributed by atoms with van der Waals surface area (Å²) in [4.78, 5) is 4.49. The van der Waals surface area contributed by atoms with Crippen molar-refractivity contribution < 1.29 is 0 Å². The molecule has 1 unspecified atom stereocenters. The van der Waals surface area contributed by atoms with Gasteiger partial charge in [0.15, 0.2) is 0 Å². The molecule has 0 aliphatic heterocycles. The fraction of sp³-hybridized carbons (Fsp3) is 0.308. The van der Waals surface area contributed by atoms with Gasteiger partial charge in [-0.1, -0.05) is 31.2 Å². The molecule has 0 bridgehead atoms.